The summed E-state index contributed by atoms with van der Waals surface area (Å²) in [4.78, 5) is 27.1. The van der Waals surface area contributed by atoms with Crippen LogP contribution in [0.4, 0.5) is 0 Å². The van der Waals surface area contributed by atoms with Crippen LogP contribution in [-0.4, -0.2) is 51.6 Å². The Balaban J connectivity index is 1.22. The van der Waals surface area contributed by atoms with Crippen molar-refractivity contribution in [2.24, 2.45) is 0 Å². The number of hydrogen-bond donors (Lipinski definition) is 1. The highest BCUT2D eigenvalue weighted by Gasteiger charge is 2.46. The first kappa shape index (κ1) is 17.4. The third-order valence-electron chi connectivity index (χ3n) is 5.98. The van der Waals surface area contributed by atoms with Crippen LogP contribution >= 0.6 is 0 Å². The number of likely N-dealkylation sites (tertiary alicyclic amines) is 1. The number of nitrogens with zero attached hydrogens (tertiary/aromatic N) is 3. The predicted molar refractivity (Wildman–Crippen MR) is 102 cm³/mol. The van der Waals surface area contributed by atoms with Gasteiger partial charge in [-0.15, -0.1) is 0 Å². The van der Waals surface area contributed by atoms with Gasteiger partial charge in [0.15, 0.2) is 5.78 Å². The van der Waals surface area contributed by atoms with Crippen molar-refractivity contribution < 1.29 is 14.3 Å². The third-order valence-corrected chi connectivity index (χ3v) is 5.98. The molecule has 1 amide bonds. The molecule has 28 heavy (non-hydrogen) atoms. The van der Waals surface area contributed by atoms with Gasteiger partial charge in [0.05, 0.1) is 36.5 Å². The number of amides is 1. The molecule has 1 saturated heterocycles. The lowest BCUT2D eigenvalue weighted by Gasteiger charge is -2.34. The van der Waals surface area contributed by atoms with E-state index in [0.29, 0.717) is 50.1 Å². The highest BCUT2D eigenvalue weighted by Crippen LogP contribution is 2.38. The molecule has 2 aromatic rings. The molecular weight excluding hydrogens is 356 g/mol. The van der Waals surface area contributed by atoms with E-state index in [-0.39, 0.29) is 11.7 Å². The Morgan fingerprint density at radius 3 is 3.07 bits per heavy atom. The lowest BCUT2D eigenvalue weighted by molar-refractivity contribution is -0.131. The molecule has 3 aliphatic rings. The summed E-state index contributed by atoms with van der Waals surface area (Å²) >= 11 is 0. The zero-order chi connectivity index (χ0) is 19.1. The second kappa shape index (κ2) is 6.74. The summed E-state index contributed by atoms with van der Waals surface area (Å²) in [6, 6.07) is 9.47. The molecule has 1 spiro atoms. The molecule has 146 valence electrons. The van der Waals surface area contributed by atoms with Crippen LogP contribution in [0.15, 0.2) is 30.3 Å². The minimum atomic E-state index is -0.569. The Kier molecular flexibility index (Phi) is 4.19. The predicted octanol–water partition coefficient (Wildman–Crippen LogP) is 1.56. The van der Waals surface area contributed by atoms with E-state index < -0.39 is 5.60 Å². The molecule has 1 unspecified atom stereocenters. The van der Waals surface area contributed by atoms with Crippen LogP contribution in [0.5, 0.6) is 5.75 Å². The van der Waals surface area contributed by atoms with Gasteiger partial charge in [-0.25, -0.2) is 0 Å². The molecule has 0 aliphatic carbocycles. The molecule has 7 nitrogen and oxygen atoms in total. The van der Waals surface area contributed by atoms with Crippen molar-refractivity contribution in [2.75, 3.05) is 19.6 Å². The number of nitrogens with one attached hydrogen (secondary N) is 1. The van der Waals surface area contributed by atoms with Gasteiger partial charge < -0.3 is 15.0 Å². The van der Waals surface area contributed by atoms with Crippen molar-refractivity contribution in [2.45, 2.75) is 44.4 Å². The van der Waals surface area contributed by atoms with Crippen molar-refractivity contribution in [3.63, 3.8) is 0 Å². The third kappa shape index (κ3) is 3.09. The van der Waals surface area contributed by atoms with Crippen molar-refractivity contribution in [3.8, 4) is 5.75 Å². The second-order valence-electron chi connectivity index (χ2n) is 7.97. The Hall–Kier alpha value is -2.67. The summed E-state index contributed by atoms with van der Waals surface area (Å²) in [7, 11) is 0. The number of ether oxygens (including phenoxy) is 1. The van der Waals surface area contributed by atoms with Gasteiger partial charge in [0.25, 0.3) is 0 Å². The molecule has 1 aromatic heterocycles. The lowest BCUT2D eigenvalue weighted by Crippen LogP contribution is -2.45. The maximum Gasteiger partial charge on any atom is 0.223 e. The quantitative estimate of drug-likeness (QED) is 0.875. The molecule has 1 fully saturated rings. The maximum atomic E-state index is 12.8. The molecule has 0 saturated carbocycles. The summed E-state index contributed by atoms with van der Waals surface area (Å²) in [6.45, 7) is 3.77. The molecule has 1 aromatic carbocycles. The van der Waals surface area contributed by atoms with E-state index >= 15 is 0 Å². The number of hydrogen-bond acceptors (Lipinski definition) is 5. The fraction of sp³-hybridized carbons (Fsp3) is 0.476. The second-order valence-corrected chi connectivity index (χ2v) is 7.97. The molecule has 1 N–H and O–H groups in total. The minimum Gasteiger partial charge on any atom is -0.484 e. The summed E-state index contributed by atoms with van der Waals surface area (Å²) in [5.41, 5.74) is 2.23. The van der Waals surface area contributed by atoms with Gasteiger partial charge in [0, 0.05) is 38.9 Å². The number of Topliss-reactive ketones (excluding diaryl/α,β-unsaturated/α-hetero) is 1. The van der Waals surface area contributed by atoms with Crippen LogP contribution in [0, 0.1) is 0 Å². The van der Waals surface area contributed by atoms with Crippen molar-refractivity contribution in [1.29, 1.82) is 0 Å². The van der Waals surface area contributed by atoms with Crippen LogP contribution in [0.3, 0.4) is 0 Å². The largest absolute Gasteiger partial charge is 0.484 e. The number of aromatic nitrogens is 2. The maximum absolute atomic E-state index is 12.8. The fourth-order valence-electron chi connectivity index (χ4n) is 4.50. The topological polar surface area (TPSA) is 76.5 Å². The SMILES string of the molecule is O=C1CC2(CCN(C(=O)CCc3cc4n(n3)CCNC4)C2)Oc2ccccc21. The number of rotatable bonds is 3. The standard InChI is InChI=1S/C21H24N4O3/c26-18-12-21(28-19-4-2-1-3-17(18)19)7-9-24(14-21)20(27)6-5-15-11-16-13-22-8-10-25(16)23-15/h1-4,11,22H,5-10,12-14H2. The zero-order valence-electron chi connectivity index (χ0n) is 15.8. The highest BCUT2D eigenvalue weighted by molar-refractivity contribution is 6.00. The van der Waals surface area contributed by atoms with Crippen LogP contribution in [0.2, 0.25) is 0 Å². The summed E-state index contributed by atoms with van der Waals surface area (Å²) < 4.78 is 8.24. The molecule has 7 heteroatoms. The number of benzene rings is 1. The van der Waals surface area contributed by atoms with Crippen LogP contribution < -0.4 is 10.1 Å². The first-order valence-corrected chi connectivity index (χ1v) is 9.97. The number of carbonyl (C=O) groups is 2. The van der Waals surface area contributed by atoms with Crippen LogP contribution in [-0.2, 0) is 24.3 Å². The number of aryl methyl sites for hydroxylation is 1. The van der Waals surface area contributed by atoms with E-state index in [1.165, 1.54) is 5.69 Å². The summed E-state index contributed by atoms with van der Waals surface area (Å²) in [5, 5.41) is 7.93. The first-order chi connectivity index (χ1) is 13.6. The van der Waals surface area contributed by atoms with E-state index in [1.807, 2.05) is 33.8 Å². The Morgan fingerprint density at radius 2 is 2.18 bits per heavy atom. The molecular formula is C21H24N4O3. The van der Waals surface area contributed by atoms with Gasteiger partial charge in [0.1, 0.15) is 11.4 Å². The smallest absolute Gasteiger partial charge is 0.223 e. The van der Waals surface area contributed by atoms with Gasteiger partial charge in [-0.3, -0.25) is 14.3 Å². The molecule has 3 aliphatic heterocycles. The zero-order valence-corrected chi connectivity index (χ0v) is 15.8. The minimum absolute atomic E-state index is 0.105. The van der Waals surface area contributed by atoms with E-state index in [1.54, 1.807) is 0 Å². The number of para-hydroxylation sites is 1. The summed E-state index contributed by atoms with van der Waals surface area (Å²) in [5.74, 6) is 0.856. The Morgan fingerprint density at radius 1 is 1.29 bits per heavy atom. The highest BCUT2D eigenvalue weighted by atomic mass is 16.5. The van der Waals surface area contributed by atoms with Crippen molar-refractivity contribution >= 4 is 11.7 Å². The average molecular weight is 380 g/mol. The van der Waals surface area contributed by atoms with E-state index in [2.05, 4.69) is 16.5 Å². The molecule has 0 radical (unpaired) electrons. The van der Waals surface area contributed by atoms with Crippen LogP contribution in [0.1, 0.15) is 41.0 Å². The van der Waals surface area contributed by atoms with Gasteiger partial charge in [0.2, 0.25) is 5.91 Å². The normalized spacial score (nSPS) is 23.4. The number of fused-ring (bicyclic) bond motifs is 2. The van der Waals surface area contributed by atoms with Crippen molar-refractivity contribution in [1.82, 2.24) is 20.0 Å². The Labute approximate surface area is 163 Å². The van der Waals surface area contributed by atoms with E-state index in [4.69, 9.17) is 4.74 Å². The molecule has 4 heterocycles. The lowest BCUT2D eigenvalue weighted by atomic mass is 9.89. The molecule has 5 rings (SSSR count). The van der Waals surface area contributed by atoms with Crippen molar-refractivity contribution in [3.05, 3.63) is 47.3 Å². The van der Waals surface area contributed by atoms with E-state index in [0.717, 1.165) is 25.3 Å². The molecule has 0 bridgehead atoms. The van der Waals surface area contributed by atoms with Gasteiger partial charge >= 0.3 is 0 Å². The first-order valence-electron chi connectivity index (χ1n) is 9.97. The molecule has 1 atom stereocenters. The van der Waals surface area contributed by atoms with E-state index in [9.17, 15) is 9.59 Å². The average Bonchev–Trinajstić information content (AvgIpc) is 3.30. The monoisotopic (exact) mass is 380 g/mol. The number of carbonyl (C=O) groups excluding carboxylic acids is 2. The van der Waals surface area contributed by atoms with Gasteiger partial charge in [-0.1, -0.05) is 12.1 Å². The fourth-order valence-corrected chi connectivity index (χ4v) is 4.50. The van der Waals surface area contributed by atoms with Gasteiger partial charge in [-0.05, 0) is 18.2 Å². The Bertz CT molecular complexity index is 914. The number of ketones is 1. The summed E-state index contributed by atoms with van der Waals surface area (Å²) in [6.07, 6.45) is 2.12. The van der Waals surface area contributed by atoms with Crippen LogP contribution in [0.25, 0.3) is 0 Å². The van der Waals surface area contributed by atoms with Gasteiger partial charge in [-0.2, -0.15) is 5.10 Å².